The number of carbonyl (C=O) groups excluding carboxylic acids is 1. The first-order valence-corrected chi connectivity index (χ1v) is 35.3. The Hall–Kier alpha value is -6.11. The molecule has 3 aliphatic heterocycles. The van der Waals surface area contributed by atoms with Gasteiger partial charge in [-0.3, -0.25) is 51.6 Å². The molecule has 12 atom stereocenters. The quantitative estimate of drug-likeness (QED) is 0.0127. The molecular weight excluding hydrogens is 1370 g/mol. The lowest BCUT2D eigenvalue weighted by Crippen LogP contribution is -2.33. The number of nitrogen functional groups attached to an aromatic ring is 1. The lowest BCUT2D eigenvalue weighted by molar-refractivity contribution is -0.122. The summed E-state index contributed by atoms with van der Waals surface area (Å²) in [5, 5.41) is 31.2. The topological polar surface area (TPSA) is 560 Å². The van der Waals surface area contributed by atoms with Gasteiger partial charge in [0.2, 0.25) is 5.91 Å². The second kappa shape index (κ2) is 36.1. The highest BCUT2D eigenvalue weighted by atomic mass is 31.3. The minimum Gasteiger partial charge on any atom is -0.394 e. The number of aromatic nitrogens is 9. The van der Waals surface area contributed by atoms with E-state index < -0.39 is 135 Å². The van der Waals surface area contributed by atoms with E-state index in [0.29, 0.717) is 65.3 Å². The molecule has 3 saturated heterocycles. The molecule has 12 N–H and O–H groups in total. The standard InChI is InChI=1S/C51H73N11O30P4/c1-32-25-60(50(69)55-47(32)66)45-24-38(39(29-63)87-45)90-94(74,75)85-31-41-37(80-2)23-44(89-41)62-27-34(48(67)56-51(62)70)8-5-3-4-6-10-35-28-59(58-57-35)13-15-82-17-19-84-21-20-83-18-16-81-14-11-42(65)53-12-7-9-33-26-61(49(68)54-46(33)52)43-22-36(64)40(88-43)30-86-95(76,77)92-96(78,79)91-93(71,72)73/h25-28,36-41,43-45,63-64H,3-4,6,10-24,29-31H2,1-2H3,(H,53,65)(H,74,75)(H,76,77)(H,78,79)(H2,52,54,68)(H,55,66,69)(H,56,67,70)(H2,71,72,73)/t36?,37?,38?,39-,40-,41-,43-,44-,45-/m1/s1. The van der Waals surface area contributed by atoms with Crippen LogP contribution in [0.4, 0.5) is 5.82 Å². The van der Waals surface area contributed by atoms with Gasteiger partial charge in [-0.2, -0.15) is 13.6 Å². The van der Waals surface area contributed by atoms with Crippen LogP contribution in [0, 0.1) is 30.6 Å². The largest absolute Gasteiger partial charge is 0.490 e. The van der Waals surface area contributed by atoms with Gasteiger partial charge in [0.25, 0.3) is 11.1 Å². The van der Waals surface area contributed by atoms with Crippen LogP contribution in [0.15, 0.2) is 48.8 Å². The van der Waals surface area contributed by atoms with Crippen LogP contribution < -0.4 is 39.2 Å². The number of ether oxygens (including phenoxy) is 8. The third kappa shape index (κ3) is 24.4. The fourth-order valence-electron chi connectivity index (χ4n) is 9.36. The van der Waals surface area contributed by atoms with Crippen LogP contribution >= 0.6 is 31.3 Å². The normalized spacial score (nSPS) is 22.9. The molecule has 0 spiro atoms. The average molecular weight is 1440 g/mol. The third-order valence-electron chi connectivity index (χ3n) is 14.0. The fourth-order valence-corrected chi connectivity index (χ4v) is 13.3. The molecule has 532 valence electrons. The lowest BCUT2D eigenvalue weighted by atomic mass is 10.1. The first-order valence-electron chi connectivity index (χ1n) is 29.2. The number of methoxy groups -OCH3 is 1. The lowest BCUT2D eigenvalue weighted by Gasteiger charge is -2.22. The molecule has 7 heterocycles. The predicted molar refractivity (Wildman–Crippen MR) is 322 cm³/mol. The van der Waals surface area contributed by atoms with Crippen molar-refractivity contribution in [3.8, 4) is 23.7 Å². The van der Waals surface area contributed by atoms with Gasteiger partial charge in [0.1, 0.15) is 54.5 Å². The molecule has 0 aliphatic carbocycles. The Labute approximate surface area is 543 Å². The number of nitrogens with zero attached hydrogens (tertiary/aromatic N) is 7. The van der Waals surface area contributed by atoms with Crippen molar-refractivity contribution in [1.29, 1.82) is 0 Å². The molecule has 3 aliphatic rings. The SMILES string of the molecule is COC1C[C@H](n2cc(C#CCCCCc3cn(CCOCCOCCOCCOCCC(=O)NCC#Cc4cn([C@H]5CC(O)[C@@H](COP(=O)(O)OP(=O)(O)OP(=O)(O)O)O5)c(=O)nc4N)nn3)c(=O)[nH]c2=O)O[C@@H]1COP(=O)(O)OC1C[C@H](n2cc(C)c(=O)[nH]c2=O)O[C@@H]1CO. The molecule has 0 bridgehead atoms. The number of unbranched alkanes of at least 4 members (excludes halogenated alkanes) is 2. The number of nitrogens with two attached hydrogens (primary N) is 1. The van der Waals surface area contributed by atoms with Crippen LogP contribution in [0.1, 0.15) is 86.0 Å². The maximum Gasteiger partial charge on any atom is 0.490 e. The minimum absolute atomic E-state index is 0.000945. The maximum absolute atomic E-state index is 13.1. The van der Waals surface area contributed by atoms with E-state index in [1.807, 2.05) is 6.20 Å². The zero-order valence-corrected chi connectivity index (χ0v) is 54.9. The first kappa shape index (κ1) is 77.2. The molecule has 7 rings (SSSR count). The van der Waals surface area contributed by atoms with Crippen LogP contribution in [-0.2, 0) is 96.1 Å². The Balaban J connectivity index is 0.691. The number of aromatic amines is 2. The van der Waals surface area contributed by atoms with Gasteiger partial charge in [-0.25, -0.2) is 37.3 Å². The molecule has 1 amide bonds. The highest BCUT2D eigenvalue weighted by Gasteiger charge is 2.45. The Morgan fingerprint density at radius 3 is 1.96 bits per heavy atom. The number of H-pyrrole nitrogens is 2. The van der Waals surface area contributed by atoms with Crippen LogP contribution in [0.25, 0.3) is 0 Å². The number of rotatable bonds is 37. The summed E-state index contributed by atoms with van der Waals surface area (Å²) in [5.41, 5.74) is 3.06. The summed E-state index contributed by atoms with van der Waals surface area (Å²) >= 11 is 0. The Kier molecular flexibility index (Phi) is 29.1. The predicted octanol–water partition coefficient (Wildman–Crippen LogP) is -2.41. The summed E-state index contributed by atoms with van der Waals surface area (Å²) in [4.78, 5) is 130. The molecule has 45 heteroatoms. The number of aliphatic hydroxyl groups excluding tert-OH is 2. The second-order valence-electron chi connectivity index (χ2n) is 21.1. The van der Waals surface area contributed by atoms with Gasteiger partial charge in [0, 0.05) is 69.6 Å². The van der Waals surface area contributed by atoms with E-state index in [0.717, 1.165) is 25.6 Å². The van der Waals surface area contributed by atoms with Crippen molar-refractivity contribution in [3.63, 3.8) is 0 Å². The van der Waals surface area contributed by atoms with E-state index in [1.54, 1.807) is 4.68 Å². The summed E-state index contributed by atoms with van der Waals surface area (Å²) in [7, 11) is -20.4. The van der Waals surface area contributed by atoms with Crippen LogP contribution in [0.2, 0.25) is 0 Å². The average Bonchev–Trinajstić information content (AvgIpc) is 1.65. The smallest absolute Gasteiger partial charge is 0.394 e. The second-order valence-corrected chi connectivity index (χ2v) is 26.9. The van der Waals surface area contributed by atoms with E-state index >= 15 is 0 Å². The number of phosphoric ester groups is 2. The maximum atomic E-state index is 13.1. The van der Waals surface area contributed by atoms with E-state index in [2.05, 4.69) is 67.4 Å². The van der Waals surface area contributed by atoms with E-state index in [-0.39, 0.29) is 80.5 Å². The summed E-state index contributed by atoms with van der Waals surface area (Å²) in [6, 6.07) is 0. The van der Waals surface area contributed by atoms with Crippen molar-refractivity contribution in [1.82, 2.24) is 49.0 Å². The summed E-state index contributed by atoms with van der Waals surface area (Å²) in [6.07, 6.45) is -2.62. The number of anilines is 1. The Bertz CT molecular complexity index is 3930. The zero-order chi connectivity index (χ0) is 69.8. The summed E-state index contributed by atoms with van der Waals surface area (Å²) < 4.78 is 120. The molecule has 6 unspecified atom stereocenters. The number of nitrogens with one attached hydrogen (secondary N) is 3. The molecule has 96 heavy (non-hydrogen) atoms. The van der Waals surface area contributed by atoms with Gasteiger partial charge < -0.3 is 83.6 Å². The number of aryl methyl sites for hydroxylation is 2. The van der Waals surface area contributed by atoms with Crippen molar-refractivity contribution in [2.75, 3.05) is 92.1 Å². The molecule has 4 aromatic heterocycles. The van der Waals surface area contributed by atoms with Gasteiger partial charge >= 0.3 is 48.4 Å². The highest BCUT2D eigenvalue weighted by molar-refractivity contribution is 7.66. The van der Waals surface area contributed by atoms with Crippen molar-refractivity contribution >= 4 is 43.0 Å². The van der Waals surface area contributed by atoms with Crippen LogP contribution in [-0.4, -0.2) is 207 Å². The van der Waals surface area contributed by atoms with Crippen molar-refractivity contribution in [3.05, 3.63) is 99.3 Å². The molecule has 41 nitrogen and oxygen atoms in total. The fraction of sp³-hybridized carbons (Fsp3) is 0.627. The number of carbonyl (C=O) groups is 1. The number of phosphoric acid groups is 4. The molecule has 0 aromatic carbocycles. The monoisotopic (exact) mass is 1440 g/mol. The van der Waals surface area contributed by atoms with Gasteiger partial charge in [-0.15, -0.1) is 5.10 Å². The van der Waals surface area contributed by atoms with Gasteiger partial charge in [0.05, 0.1) is 109 Å². The van der Waals surface area contributed by atoms with Crippen molar-refractivity contribution in [2.24, 2.45) is 0 Å². The van der Waals surface area contributed by atoms with E-state index in [4.69, 9.17) is 62.5 Å². The minimum atomic E-state index is -5.79. The van der Waals surface area contributed by atoms with Gasteiger partial charge in [-0.05, 0) is 26.2 Å². The highest BCUT2D eigenvalue weighted by Crippen LogP contribution is 2.66. The molecule has 0 saturated carbocycles. The van der Waals surface area contributed by atoms with Crippen LogP contribution in [0.5, 0.6) is 0 Å². The number of aliphatic hydroxyl groups is 2. The number of hydrogen-bond acceptors (Lipinski definition) is 29. The summed E-state index contributed by atoms with van der Waals surface area (Å²) in [6.45, 7) is 1.81. The number of amides is 1. The Morgan fingerprint density at radius 2 is 1.28 bits per heavy atom. The zero-order valence-electron chi connectivity index (χ0n) is 51.4. The van der Waals surface area contributed by atoms with Gasteiger partial charge in [-0.1, -0.05) is 28.9 Å². The van der Waals surface area contributed by atoms with Crippen molar-refractivity contribution < 1.29 is 118 Å². The van der Waals surface area contributed by atoms with Gasteiger partial charge in [0.15, 0.2) is 0 Å². The third-order valence-corrected chi connectivity index (χ3v) is 18.8. The summed E-state index contributed by atoms with van der Waals surface area (Å²) in [5.74, 6) is 10.4. The number of hydrogen-bond donors (Lipinski definition) is 11. The molecule has 4 aromatic rings. The molecular formula is C51H73N11O30P4. The van der Waals surface area contributed by atoms with Crippen LogP contribution in [0.3, 0.4) is 0 Å². The molecule has 3 fully saturated rings. The Morgan fingerprint density at radius 1 is 0.698 bits per heavy atom. The first-order chi connectivity index (χ1) is 45.5. The van der Waals surface area contributed by atoms with E-state index in [9.17, 15) is 71.9 Å². The van der Waals surface area contributed by atoms with Crippen molar-refractivity contribution in [2.45, 2.75) is 120 Å². The van der Waals surface area contributed by atoms with E-state index in [1.165, 1.54) is 26.4 Å². The molecule has 0 radical (unpaired) electrons.